The van der Waals surface area contributed by atoms with Crippen LogP contribution in [0.1, 0.15) is 25.3 Å². The van der Waals surface area contributed by atoms with Gasteiger partial charge >= 0.3 is 0 Å². The summed E-state index contributed by atoms with van der Waals surface area (Å²) >= 11 is 12.0. The zero-order valence-electron chi connectivity index (χ0n) is 10.8. The van der Waals surface area contributed by atoms with Crippen molar-refractivity contribution >= 4 is 23.2 Å². The van der Waals surface area contributed by atoms with E-state index in [4.69, 9.17) is 23.2 Å². The van der Waals surface area contributed by atoms with Crippen LogP contribution >= 0.6 is 23.2 Å². The Morgan fingerprint density at radius 3 is 2.89 bits per heavy atom. The van der Waals surface area contributed by atoms with Gasteiger partial charge in [-0.25, -0.2) is 0 Å². The maximum absolute atomic E-state index is 6.06. The molecular formula is C14H20Cl2N2. The molecule has 18 heavy (non-hydrogen) atoms. The summed E-state index contributed by atoms with van der Waals surface area (Å²) in [7, 11) is 0. The molecule has 2 rings (SSSR count). The lowest BCUT2D eigenvalue weighted by Crippen LogP contribution is -2.36. The van der Waals surface area contributed by atoms with Crippen molar-refractivity contribution in [2.45, 2.75) is 32.4 Å². The minimum atomic E-state index is 0.607. The second kappa shape index (κ2) is 6.76. The Balaban J connectivity index is 2.00. The molecule has 0 aliphatic carbocycles. The minimum Gasteiger partial charge on any atom is -0.313 e. The van der Waals surface area contributed by atoms with Crippen LogP contribution in [0.25, 0.3) is 0 Å². The van der Waals surface area contributed by atoms with Gasteiger partial charge in [-0.1, -0.05) is 36.2 Å². The Bertz CT molecular complexity index is 395. The molecule has 1 aromatic carbocycles. The fourth-order valence-electron chi connectivity index (χ4n) is 2.39. The number of halogens is 2. The summed E-state index contributed by atoms with van der Waals surface area (Å²) in [5.74, 6) is 0. The van der Waals surface area contributed by atoms with Crippen molar-refractivity contribution in [2.24, 2.45) is 0 Å². The molecular weight excluding hydrogens is 267 g/mol. The molecule has 2 nitrogen and oxygen atoms in total. The Morgan fingerprint density at radius 2 is 2.17 bits per heavy atom. The van der Waals surface area contributed by atoms with Crippen LogP contribution in [0.4, 0.5) is 0 Å². The van der Waals surface area contributed by atoms with E-state index in [-0.39, 0.29) is 0 Å². The maximum Gasteiger partial charge on any atom is 0.0595 e. The van der Waals surface area contributed by atoms with Gasteiger partial charge in [-0.15, -0.1) is 0 Å². The highest BCUT2D eigenvalue weighted by Gasteiger charge is 2.16. The third-order valence-corrected chi connectivity index (χ3v) is 4.18. The molecule has 4 heteroatoms. The van der Waals surface area contributed by atoms with E-state index in [0.29, 0.717) is 16.1 Å². The zero-order chi connectivity index (χ0) is 13.0. The molecule has 0 radical (unpaired) electrons. The number of nitrogens with zero attached hydrogens (tertiary/aromatic N) is 1. The molecule has 1 atom stereocenters. The van der Waals surface area contributed by atoms with Gasteiger partial charge in [-0.2, -0.15) is 0 Å². The third kappa shape index (κ3) is 3.86. The van der Waals surface area contributed by atoms with E-state index in [1.807, 2.05) is 12.1 Å². The predicted octanol–water partition coefficient (Wildman–Crippen LogP) is 3.57. The molecule has 1 N–H and O–H groups in total. The molecule has 1 aliphatic rings. The van der Waals surface area contributed by atoms with E-state index >= 15 is 0 Å². The summed E-state index contributed by atoms with van der Waals surface area (Å²) in [5, 5.41) is 4.86. The van der Waals surface area contributed by atoms with Gasteiger partial charge in [0.05, 0.1) is 10.0 Å². The molecule has 0 aromatic heterocycles. The van der Waals surface area contributed by atoms with Crippen molar-refractivity contribution in [1.29, 1.82) is 0 Å². The molecule has 100 valence electrons. The van der Waals surface area contributed by atoms with E-state index in [1.165, 1.54) is 18.4 Å². The van der Waals surface area contributed by atoms with Crippen LogP contribution in [0.15, 0.2) is 18.2 Å². The van der Waals surface area contributed by atoms with Crippen LogP contribution in [0.5, 0.6) is 0 Å². The molecule has 1 saturated heterocycles. The van der Waals surface area contributed by atoms with Crippen molar-refractivity contribution < 1.29 is 0 Å². The van der Waals surface area contributed by atoms with Crippen LogP contribution in [-0.4, -0.2) is 30.6 Å². The highest BCUT2D eigenvalue weighted by atomic mass is 35.5. The Hall–Kier alpha value is -0.280. The quantitative estimate of drug-likeness (QED) is 0.914. The molecule has 0 saturated carbocycles. The molecule has 1 aliphatic heterocycles. The monoisotopic (exact) mass is 286 g/mol. The predicted molar refractivity (Wildman–Crippen MR) is 78.4 cm³/mol. The van der Waals surface area contributed by atoms with E-state index in [2.05, 4.69) is 23.2 Å². The topological polar surface area (TPSA) is 15.3 Å². The van der Waals surface area contributed by atoms with Gasteiger partial charge in [0.2, 0.25) is 0 Å². The van der Waals surface area contributed by atoms with Gasteiger partial charge in [-0.05, 0) is 43.6 Å². The number of nitrogens with one attached hydrogen (secondary N) is 1. The van der Waals surface area contributed by atoms with Crippen molar-refractivity contribution in [3.63, 3.8) is 0 Å². The fourth-order valence-corrected chi connectivity index (χ4v) is 2.71. The van der Waals surface area contributed by atoms with Crippen molar-refractivity contribution in [3.8, 4) is 0 Å². The molecule has 1 aromatic rings. The van der Waals surface area contributed by atoms with Crippen LogP contribution < -0.4 is 5.32 Å². The summed E-state index contributed by atoms with van der Waals surface area (Å²) in [6.07, 6.45) is 2.38. The number of rotatable bonds is 3. The van der Waals surface area contributed by atoms with Crippen LogP contribution in [-0.2, 0) is 6.54 Å². The lowest BCUT2D eigenvalue weighted by Gasteiger charge is -2.23. The zero-order valence-corrected chi connectivity index (χ0v) is 12.3. The smallest absolute Gasteiger partial charge is 0.0595 e. The van der Waals surface area contributed by atoms with Crippen LogP contribution in [0.2, 0.25) is 10.0 Å². The van der Waals surface area contributed by atoms with E-state index < -0.39 is 0 Å². The molecule has 0 bridgehead atoms. The molecule has 1 unspecified atom stereocenters. The number of hydrogen-bond acceptors (Lipinski definition) is 2. The Morgan fingerprint density at radius 1 is 1.33 bits per heavy atom. The lowest BCUT2D eigenvalue weighted by molar-refractivity contribution is 0.257. The van der Waals surface area contributed by atoms with Gasteiger partial charge in [0.15, 0.2) is 0 Å². The van der Waals surface area contributed by atoms with Crippen LogP contribution in [0, 0.1) is 0 Å². The summed E-state index contributed by atoms with van der Waals surface area (Å²) in [4.78, 5) is 2.49. The third-order valence-electron chi connectivity index (χ3n) is 3.45. The SMILES string of the molecule is CCC1CN(Cc2ccc(Cl)c(Cl)c2)CCCN1. The van der Waals surface area contributed by atoms with Gasteiger partial charge in [0.1, 0.15) is 0 Å². The van der Waals surface area contributed by atoms with Crippen LogP contribution in [0.3, 0.4) is 0 Å². The van der Waals surface area contributed by atoms with Crippen molar-refractivity contribution in [2.75, 3.05) is 19.6 Å². The summed E-state index contributed by atoms with van der Waals surface area (Å²) in [5.41, 5.74) is 1.24. The molecule has 0 spiro atoms. The highest BCUT2D eigenvalue weighted by Crippen LogP contribution is 2.23. The van der Waals surface area contributed by atoms with E-state index in [0.717, 1.165) is 26.2 Å². The first-order valence-corrected chi connectivity index (χ1v) is 7.34. The van der Waals surface area contributed by atoms with Crippen molar-refractivity contribution in [3.05, 3.63) is 33.8 Å². The molecule has 1 heterocycles. The molecule has 1 fully saturated rings. The first-order chi connectivity index (χ1) is 8.69. The standard InChI is InChI=1S/C14H20Cl2N2/c1-2-12-10-18(7-3-6-17-12)9-11-4-5-13(15)14(16)8-11/h4-5,8,12,17H,2-3,6-7,9-10H2,1H3. The number of hydrogen-bond donors (Lipinski definition) is 1. The Labute approximate surface area is 119 Å². The Kier molecular flexibility index (Phi) is 5.31. The van der Waals surface area contributed by atoms with Gasteiger partial charge in [-0.3, -0.25) is 4.90 Å². The first kappa shape index (κ1) is 14.1. The summed E-state index contributed by atoms with van der Waals surface area (Å²) in [6.45, 7) is 6.56. The van der Waals surface area contributed by atoms with Gasteiger partial charge in [0, 0.05) is 19.1 Å². The number of benzene rings is 1. The fraction of sp³-hybridized carbons (Fsp3) is 0.571. The second-order valence-corrected chi connectivity index (χ2v) is 5.71. The average Bonchev–Trinajstić information content (AvgIpc) is 2.59. The summed E-state index contributed by atoms with van der Waals surface area (Å²) < 4.78 is 0. The molecule has 0 amide bonds. The second-order valence-electron chi connectivity index (χ2n) is 4.90. The normalized spacial score (nSPS) is 21.8. The van der Waals surface area contributed by atoms with Gasteiger partial charge in [0.25, 0.3) is 0 Å². The largest absolute Gasteiger partial charge is 0.313 e. The van der Waals surface area contributed by atoms with Crippen molar-refractivity contribution in [1.82, 2.24) is 10.2 Å². The highest BCUT2D eigenvalue weighted by molar-refractivity contribution is 6.42. The van der Waals surface area contributed by atoms with E-state index in [9.17, 15) is 0 Å². The minimum absolute atomic E-state index is 0.607. The maximum atomic E-state index is 6.06. The van der Waals surface area contributed by atoms with Gasteiger partial charge < -0.3 is 5.32 Å². The average molecular weight is 287 g/mol. The van der Waals surface area contributed by atoms with E-state index in [1.54, 1.807) is 0 Å². The first-order valence-electron chi connectivity index (χ1n) is 6.58. The summed E-state index contributed by atoms with van der Waals surface area (Å²) in [6, 6.07) is 6.53. The lowest BCUT2D eigenvalue weighted by atomic mass is 10.2.